The number of ether oxygens (including phenoxy) is 1. The Bertz CT molecular complexity index is 1150. The Hall–Kier alpha value is -3.04. The van der Waals surface area contributed by atoms with Crippen molar-refractivity contribution in [1.29, 1.82) is 0 Å². The summed E-state index contributed by atoms with van der Waals surface area (Å²) < 4.78 is 7.09. The van der Waals surface area contributed by atoms with E-state index in [2.05, 4.69) is 15.5 Å². The molecule has 0 aliphatic carbocycles. The fourth-order valence-corrected chi connectivity index (χ4v) is 4.58. The van der Waals surface area contributed by atoms with E-state index in [1.807, 2.05) is 35.8 Å². The Morgan fingerprint density at radius 2 is 2.00 bits per heavy atom. The first-order chi connectivity index (χ1) is 15.5. The zero-order chi connectivity index (χ0) is 22.7. The van der Waals surface area contributed by atoms with Crippen LogP contribution in [0.25, 0.3) is 5.69 Å². The highest BCUT2D eigenvalue weighted by molar-refractivity contribution is 7.99. The van der Waals surface area contributed by atoms with Crippen molar-refractivity contribution < 1.29 is 14.3 Å². The maximum Gasteiger partial charge on any atom is 0.234 e. The summed E-state index contributed by atoms with van der Waals surface area (Å²) in [6, 6.07) is 12.7. The highest BCUT2D eigenvalue weighted by atomic mass is 35.5. The summed E-state index contributed by atoms with van der Waals surface area (Å²) in [6.45, 7) is 2.52. The zero-order valence-electron chi connectivity index (χ0n) is 17.7. The number of nitrogens with one attached hydrogen (secondary N) is 1. The predicted octanol–water partition coefficient (Wildman–Crippen LogP) is 4.10. The van der Waals surface area contributed by atoms with Crippen LogP contribution in [0.5, 0.6) is 5.75 Å². The van der Waals surface area contributed by atoms with Crippen molar-refractivity contribution in [3.63, 3.8) is 0 Å². The van der Waals surface area contributed by atoms with Crippen molar-refractivity contribution in [2.45, 2.75) is 24.9 Å². The molecule has 166 valence electrons. The Kier molecular flexibility index (Phi) is 6.66. The molecule has 0 saturated carbocycles. The molecule has 0 unspecified atom stereocenters. The number of hydrogen-bond acceptors (Lipinski definition) is 6. The molecule has 2 aromatic carbocycles. The number of amides is 2. The van der Waals surface area contributed by atoms with Crippen molar-refractivity contribution in [3.05, 3.63) is 53.3 Å². The number of aromatic nitrogens is 3. The Morgan fingerprint density at radius 3 is 2.66 bits per heavy atom. The SMILES string of the molecule is COc1ccc(-n2c(C)nnc2SCC(=O)Nc2ccc(N3CCCC3=O)c(Cl)c2)cc1. The number of rotatable bonds is 7. The van der Waals surface area contributed by atoms with E-state index in [1.165, 1.54) is 11.8 Å². The number of halogens is 1. The average Bonchev–Trinajstić information content (AvgIpc) is 3.37. The maximum atomic E-state index is 12.5. The quantitative estimate of drug-likeness (QED) is 0.522. The van der Waals surface area contributed by atoms with Crippen LogP contribution in [0.3, 0.4) is 0 Å². The summed E-state index contributed by atoms with van der Waals surface area (Å²) in [6.07, 6.45) is 1.36. The molecule has 2 amide bonds. The Labute approximate surface area is 194 Å². The van der Waals surface area contributed by atoms with Crippen LogP contribution in [0.1, 0.15) is 18.7 Å². The third-order valence-electron chi connectivity index (χ3n) is 5.05. The summed E-state index contributed by atoms with van der Waals surface area (Å²) in [5.74, 6) is 1.50. The molecule has 0 radical (unpaired) electrons. The number of anilines is 2. The Morgan fingerprint density at radius 1 is 1.22 bits per heavy atom. The molecule has 4 rings (SSSR count). The number of nitrogens with zero attached hydrogens (tertiary/aromatic N) is 4. The minimum absolute atomic E-state index is 0.0661. The van der Waals surface area contributed by atoms with Crippen LogP contribution >= 0.6 is 23.4 Å². The third kappa shape index (κ3) is 4.73. The summed E-state index contributed by atoms with van der Waals surface area (Å²) in [5, 5.41) is 12.2. The van der Waals surface area contributed by atoms with E-state index < -0.39 is 0 Å². The second-order valence-corrected chi connectivity index (χ2v) is 8.56. The van der Waals surface area contributed by atoms with Crippen LogP contribution in [0.4, 0.5) is 11.4 Å². The molecule has 10 heteroatoms. The van der Waals surface area contributed by atoms with Gasteiger partial charge in [-0.3, -0.25) is 14.2 Å². The van der Waals surface area contributed by atoms with E-state index in [0.29, 0.717) is 34.5 Å². The first-order valence-electron chi connectivity index (χ1n) is 10.1. The molecule has 32 heavy (non-hydrogen) atoms. The van der Waals surface area contributed by atoms with Gasteiger partial charge in [0.15, 0.2) is 5.16 Å². The summed E-state index contributed by atoms with van der Waals surface area (Å²) in [5.41, 5.74) is 2.13. The van der Waals surface area contributed by atoms with Crippen molar-refractivity contribution in [3.8, 4) is 11.4 Å². The summed E-state index contributed by atoms with van der Waals surface area (Å²) >= 11 is 7.65. The van der Waals surface area contributed by atoms with Gasteiger partial charge in [0.2, 0.25) is 11.8 Å². The Balaban J connectivity index is 1.40. The van der Waals surface area contributed by atoms with Gasteiger partial charge < -0.3 is 15.0 Å². The standard InChI is InChI=1S/C22H22ClN5O3S/c1-14-25-26-22(28(14)16-6-8-17(31-2)9-7-16)32-13-20(29)24-15-5-10-19(18(23)12-15)27-11-3-4-21(27)30/h5-10,12H,3-4,11,13H2,1-2H3,(H,24,29). The largest absolute Gasteiger partial charge is 0.497 e. The number of hydrogen-bond donors (Lipinski definition) is 1. The molecule has 1 saturated heterocycles. The molecular formula is C22H22ClN5O3S. The van der Waals surface area contributed by atoms with Gasteiger partial charge in [0.25, 0.3) is 0 Å². The molecule has 0 spiro atoms. The number of carbonyl (C=O) groups is 2. The molecule has 1 aromatic heterocycles. The van der Waals surface area contributed by atoms with Crippen molar-refractivity contribution >= 4 is 46.6 Å². The van der Waals surface area contributed by atoms with Gasteiger partial charge in [0.1, 0.15) is 11.6 Å². The summed E-state index contributed by atoms with van der Waals surface area (Å²) in [7, 11) is 1.62. The second kappa shape index (κ2) is 9.62. The van der Waals surface area contributed by atoms with Gasteiger partial charge in [-0.1, -0.05) is 23.4 Å². The maximum absolute atomic E-state index is 12.5. The van der Waals surface area contributed by atoms with E-state index in [-0.39, 0.29) is 17.6 Å². The van der Waals surface area contributed by atoms with E-state index in [1.54, 1.807) is 30.2 Å². The lowest BCUT2D eigenvalue weighted by Gasteiger charge is -2.18. The van der Waals surface area contributed by atoms with Crippen LogP contribution < -0.4 is 15.0 Å². The number of benzene rings is 2. The molecule has 8 nitrogen and oxygen atoms in total. The highest BCUT2D eigenvalue weighted by Gasteiger charge is 2.23. The van der Waals surface area contributed by atoms with E-state index >= 15 is 0 Å². The zero-order valence-corrected chi connectivity index (χ0v) is 19.2. The summed E-state index contributed by atoms with van der Waals surface area (Å²) in [4.78, 5) is 26.1. The molecule has 2 heterocycles. The van der Waals surface area contributed by atoms with E-state index in [9.17, 15) is 9.59 Å². The topological polar surface area (TPSA) is 89.3 Å². The lowest BCUT2D eigenvalue weighted by molar-refractivity contribution is -0.117. The number of methoxy groups -OCH3 is 1. The monoisotopic (exact) mass is 471 g/mol. The fourth-order valence-electron chi connectivity index (χ4n) is 3.50. The van der Waals surface area contributed by atoms with Gasteiger partial charge >= 0.3 is 0 Å². The van der Waals surface area contributed by atoms with Gasteiger partial charge in [0.05, 0.1) is 23.6 Å². The van der Waals surface area contributed by atoms with Crippen LogP contribution in [-0.2, 0) is 9.59 Å². The molecule has 0 atom stereocenters. The minimum atomic E-state index is -0.196. The fraction of sp³-hybridized carbons (Fsp3) is 0.273. The van der Waals surface area contributed by atoms with E-state index in [4.69, 9.17) is 16.3 Å². The smallest absolute Gasteiger partial charge is 0.234 e. The molecule has 1 aliphatic heterocycles. The minimum Gasteiger partial charge on any atom is -0.497 e. The van der Waals surface area contributed by atoms with Gasteiger partial charge in [0, 0.05) is 24.3 Å². The van der Waals surface area contributed by atoms with Crippen LogP contribution in [0, 0.1) is 6.92 Å². The lowest BCUT2D eigenvalue weighted by Crippen LogP contribution is -2.24. The van der Waals surface area contributed by atoms with Crippen molar-refractivity contribution in [2.75, 3.05) is 29.6 Å². The van der Waals surface area contributed by atoms with Crippen LogP contribution in [-0.4, -0.2) is 46.0 Å². The third-order valence-corrected chi connectivity index (χ3v) is 6.29. The van der Waals surface area contributed by atoms with Crippen molar-refractivity contribution in [1.82, 2.24) is 14.8 Å². The van der Waals surface area contributed by atoms with Gasteiger partial charge in [-0.2, -0.15) is 0 Å². The van der Waals surface area contributed by atoms with Crippen molar-refractivity contribution in [2.24, 2.45) is 0 Å². The normalized spacial score (nSPS) is 13.5. The molecular weight excluding hydrogens is 450 g/mol. The van der Waals surface area contributed by atoms with Gasteiger partial charge in [-0.25, -0.2) is 0 Å². The number of aryl methyl sites for hydroxylation is 1. The predicted molar refractivity (Wildman–Crippen MR) is 125 cm³/mol. The van der Waals surface area contributed by atoms with Gasteiger partial charge in [-0.15, -0.1) is 10.2 Å². The average molecular weight is 472 g/mol. The first kappa shape index (κ1) is 22.2. The molecule has 1 aliphatic rings. The van der Waals surface area contributed by atoms with Crippen LogP contribution in [0.2, 0.25) is 5.02 Å². The number of carbonyl (C=O) groups excluding carboxylic acids is 2. The molecule has 0 bridgehead atoms. The molecule has 3 aromatic rings. The van der Waals surface area contributed by atoms with Crippen LogP contribution in [0.15, 0.2) is 47.6 Å². The van der Waals surface area contributed by atoms with Gasteiger partial charge in [-0.05, 0) is 55.8 Å². The second-order valence-electron chi connectivity index (χ2n) is 7.22. The number of thioether (sulfide) groups is 1. The first-order valence-corrected chi connectivity index (χ1v) is 11.4. The van der Waals surface area contributed by atoms with E-state index in [0.717, 1.165) is 23.7 Å². The lowest BCUT2D eigenvalue weighted by atomic mass is 10.2. The molecule has 1 N–H and O–H groups in total. The highest BCUT2D eigenvalue weighted by Crippen LogP contribution is 2.32. The molecule has 1 fully saturated rings.